The number of nitrogens with zero attached hydrogens (tertiary/aromatic N) is 2. The van der Waals surface area contributed by atoms with Crippen LogP contribution in [0.15, 0.2) is 42.5 Å². The Morgan fingerprint density at radius 1 is 1.04 bits per heavy atom. The minimum atomic E-state index is -0.615. The van der Waals surface area contributed by atoms with E-state index in [-0.39, 0.29) is 5.92 Å². The second-order valence-corrected chi connectivity index (χ2v) is 8.91. The standard InChI is InChI=1S/C24H35N3O/c1-2-19-10-12-24(28,13-11-19)23(18-26-14-16-27(25)17-15-26)22-9-5-7-20-6-3-4-8-21(20)22/h3-9,19,23,28H,2,10-18,25H2,1H3. The van der Waals surface area contributed by atoms with Crippen molar-refractivity contribution in [1.29, 1.82) is 0 Å². The van der Waals surface area contributed by atoms with Crippen molar-refractivity contribution in [1.82, 2.24) is 9.91 Å². The first-order valence-corrected chi connectivity index (χ1v) is 11.0. The molecular formula is C24H35N3O. The molecule has 2 aromatic carbocycles. The first-order valence-electron chi connectivity index (χ1n) is 11.0. The molecule has 2 aromatic rings. The molecule has 1 unspecified atom stereocenters. The van der Waals surface area contributed by atoms with Crippen LogP contribution in [0.25, 0.3) is 10.8 Å². The van der Waals surface area contributed by atoms with Gasteiger partial charge in [-0.1, -0.05) is 55.8 Å². The molecule has 2 aliphatic rings. The van der Waals surface area contributed by atoms with Gasteiger partial charge in [0.05, 0.1) is 5.60 Å². The zero-order valence-corrected chi connectivity index (χ0v) is 17.2. The second kappa shape index (κ2) is 8.50. The second-order valence-electron chi connectivity index (χ2n) is 8.91. The van der Waals surface area contributed by atoms with Crippen molar-refractivity contribution in [2.75, 3.05) is 32.7 Å². The first-order chi connectivity index (χ1) is 13.6. The van der Waals surface area contributed by atoms with Crippen LogP contribution in [0.5, 0.6) is 0 Å². The molecule has 3 N–H and O–H groups in total. The summed E-state index contributed by atoms with van der Waals surface area (Å²) < 4.78 is 0. The van der Waals surface area contributed by atoms with Crippen molar-refractivity contribution in [3.8, 4) is 0 Å². The molecule has 1 atom stereocenters. The average Bonchev–Trinajstić information content (AvgIpc) is 2.73. The van der Waals surface area contributed by atoms with Crippen molar-refractivity contribution in [3.63, 3.8) is 0 Å². The van der Waals surface area contributed by atoms with E-state index in [0.29, 0.717) is 0 Å². The van der Waals surface area contributed by atoms with Crippen LogP contribution in [-0.4, -0.2) is 53.3 Å². The lowest BCUT2D eigenvalue weighted by Gasteiger charge is -2.45. The van der Waals surface area contributed by atoms with Gasteiger partial charge in [-0.3, -0.25) is 10.7 Å². The minimum absolute atomic E-state index is 0.140. The highest BCUT2D eigenvalue weighted by molar-refractivity contribution is 5.86. The van der Waals surface area contributed by atoms with Crippen molar-refractivity contribution < 1.29 is 5.11 Å². The molecule has 1 aliphatic heterocycles. The molecule has 0 bridgehead atoms. The van der Waals surface area contributed by atoms with Crippen molar-refractivity contribution >= 4 is 10.8 Å². The van der Waals surface area contributed by atoms with Gasteiger partial charge in [-0.05, 0) is 47.9 Å². The van der Waals surface area contributed by atoms with Gasteiger partial charge in [-0.25, -0.2) is 5.01 Å². The zero-order valence-electron chi connectivity index (χ0n) is 17.2. The van der Waals surface area contributed by atoms with Gasteiger partial charge < -0.3 is 5.11 Å². The van der Waals surface area contributed by atoms with Crippen LogP contribution in [0.4, 0.5) is 0 Å². The van der Waals surface area contributed by atoms with E-state index in [4.69, 9.17) is 5.84 Å². The Bertz CT molecular complexity index is 771. The Morgan fingerprint density at radius 3 is 2.43 bits per heavy atom. The Balaban J connectivity index is 1.67. The molecule has 4 rings (SSSR count). The molecule has 1 aliphatic carbocycles. The molecule has 0 aromatic heterocycles. The minimum Gasteiger partial charge on any atom is -0.389 e. The van der Waals surface area contributed by atoms with E-state index in [9.17, 15) is 5.11 Å². The summed E-state index contributed by atoms with van der Waals surface area (Å²) in [6, 6.07) is 15.2. The van der Waals surface area contributed by atoms with Crippen LogP contribution < -0.4 is 5.84 Å². The summed E-state index contributed by atoms with van der Waals surface area (Å²) in [5, 5.41) is 16.3. The molecule has 1 saturated carbocycles. The maximum Gasteiger partial charge on any atom is 0.0728 e. The summed E-state index contributed by atoms with van der Waals surface area (Å²) >= 11 is 0. The number of benzene rings is 2. The predicted molar refractivity (Wildman–Crippen MR) is 116 cm³/mol. The smallest absolute Gasteiger partial charge is 0.0728 e. The van der Waals surface area contributed by atoms with Crippen LogP contribution in [-0.2, 0) is 0 Å². The van der Waals surface area contributed by atoms with Crippen molar-refractivity contribution in [3.05, 3.63) is 48.0 Å². The van der Waals surface area contributed by atoms with Gasteiger partial charge >= 0.3 is 0 Å². The van der Waals surface area contributed by atoms with Gasteiger partial charge in [0.25, 0.3) is 0 Å². The number of aliphatic hydroxyl groups is 1. The fraction of sp³-hybridized carbons (Fsp3) is 0.583. The average molecular weight is 382 g/mol. The van der Waals surface area contributed by atoms with Crippen molar-refractivity contribution in [2.45, 2.75) is 50.5 Å². The molecular weight excluding hydrogens is 346 g/mol. The summed E-state index contributed by atoms with van der Waals surface area (Å²) in [6.07, 6.45) is 5.34. The number of hydrogen-bond donors (Lipinski definition) is 2. The van der Waals surface area contributed by atoms with Gasteiger partial charge in [-0.2, -0.15) is 0 Å². The third-order valence-corrected chi connectivity index (χ3v) is 7.24. The molecule has 2 fully saturated rings. The predicted octanol–water partition coefficient (Wildman–Crippen LogP) is 3.75. The number of rotatable bonds is 5. The zero-order chi connectivity index (χ0) is 19.6. The summed E-state index contributed by atoms with van der Waals surface area (Å²) in [7, 11) is 0. The first kappa shape index (κ1) is 19.8. The molecule has 4 nitrogen and oxygen atoms in total. The summed E-state index contributed by atoms with van der Waals surface area (Å²) in [5.74, 6) is 6.88. The maximum absolute atomic E-state index is 11.9. The maximum atomic E-state index is 11.9. The molecule has 0 spiro atoms. The lowest BCUT2D eigenvalue weighted by Crippen LogP contribution is -2.52. The molecule has 0 radical (unpaired) electrons. The highest BCUT2D eigenvalue weighted by Gasteiger charge is 2.42. The van der Waals surface area contributed by atoms with Crippen molar-refractivity contribution in [2.24, 2.45) is 11.8 Å². The molecule has 1 saturated heterocycles. The highest BCUT2D eigenvalue weighted by Crippen LogP contribution is 2.44. The van der Waals surface area contributed by atoms with E-state index in [1.54, 1.807) is 0 Å². The fourth-order valence-electron chi connectivity index (χ4n) is 5.25. The van der Waals surface area contributed by atoms with Gasteiger partial charge in [0.2, 0.25) is 0 Å². The third-order valence-electron chi connectivity index (χ3n) is 7.24. The van der Waals surface area contributed by atoms with Crippen LogP contribution in [0, 0.1) is 5.92 Å². The molecule has 4 heteroatoms. The SMILES string of the molecule is CCC1CCC(O)(C(CN2CCN(N)CC2)c2cccc3ccccc23)CC1. The lowest BCUT2D eigenvalue weighted by atomic mass is 9.68. The Kier molecular flexibility index (Phi) is 6.02. The van der Waals surface area contributed by atoms with Crippen LogP contribution >= 0.6 is 0 Å². The van der Waals surface area contributed by atoms with E-state index in [2.05, 4.69) is 54.3 Å². The van der Waals surface area contributed by atoms with Gasteiger partial charge in [0, 0.05) is 38.6 Å². The van der Waals surface area contributed by atoms with Gasteiger partial charge in [0.1, 0.15) is 0 Å². The van der Waals surface area contributed by atoms with E-state index >= 15 is 0 Å². The monoisotopic (exact) mass is 381 g/mol. The number of hydrazine groups is 1. The van der Waals surface area contributed by atoms with Crippen LogP contribution in [0.2, 0.25) is 0 Å². The summed E-state index contributed by atoms with van der Waals surface area (Å²) in [6.45, 7) is 6.95. The normalized spacial score (nSPS) is 28.5. The Morgan fingerprint density at radius 2 is 1.71 bits per heavy atom. The van der Waals surface area contributed by atoms with Gasteiger partial charge in [0.15, 0.2) is 0 Å². The van der Waals surface area contributed by atoms with E-state index in [1.165, 1.54) is 22.8 Å². The summed E-state index contributed by atoms with van der Waals surface area (Å²) in [5.41, 5.74) is 0.695. The third kappa shape index (κ3) is 4.11. The fourth-order valence-corrected chi connectivity index (χ4v) is 5.25. The molecule has 28 heavy (non-hydrogen) atoms. The lowest BCUT2D eigenvalue weighted by molar-refractivity contribution is -0.0443. The largest absolute Gasteiger partial charge is 0.389 e. The van der Waals surface area contributed by atoms with Gasteiger partial charge in [-0.15, -0.1) is 0 Å². The Hall–Kier alpha value is -1.46. The Labute approximate surface area is 169 Å². The molecule has 0 amide bonds. The molecule has 152 valence electrons. The summed E-state index contributed by atoms with van der Waals surface area (Å²) in [4.78, 5) is 2.50. The van der Waals surface area contributed by atoms with E-state index in [1.807, 2.05) is 5.01 Å². The van der Waals surface area contributed by atoms with E-state index < -0.39 is 5.60 Å². The quantitative estimate of drug-likeness (QED) is 0.775. The number of piperazine rings is 1. The van der Waals surface area contributed by atoms with E-state index in [0.717, 1.165) is 64.3 Å². The number of nitrogens with two attached hydrogens (primary N) is 1. The molecule has 1 heterocycles. The number of hydrogen-bond acceptors (Lipinski definition) is 4. The van der Waals surface area contributed by atoms with Crippen LogP contribution in [0.1, 0.15) is 50.5 Å². The van der Waals surface area contributed by atoms with Crippen LogP contribution in [0.3, 0.4) is 0 Å². The topological polar surface area (TPSA) is 52.7 Å². The number of fused-ring (bicyclic) bond motifs is 1. The highest BCUT2D eigenvalue weighted by atomic mass is 16.3.